The van der Waals surface area contributed by atoms with Gasteiger partial charge >= 0.3 is 0 Å². The van der Waals surface area contributed by atoms with Crippen molar-refractivity contribution >= 4 is 21.4 Å². The molecule has 0 bridgehead atoms. The molecule has 1 atom stereocenters. The average molecular weight is 343 g/mol. The van der Waals surface area contributed by atoms with Crippen molar-refractivity contribution in [3.05, 3.63) is 65.7 Å². The summed E-state index contributed by atoms with van der Waals surface area (Å²) in [5.41, 5.74) is 2.44. The Kier molecular flexibility index (Phi) is 4.71. The third kappa shape index (κ3) is 3.36. The second kappa shape index (κ2) is 6.77. The number of aryl methyl sites for hydroxylation is 1. The van der Waals surface area contributed by atoms with E-state index in [9.17, 15) is 13.2 Å². The molecule has 1 aliphatic heterocycles. The number of nitrogens with zero attached hydrogens (tertiary/aromatic N) is 1. The van der Waals surface area contributed by atoms with Crippen LogP contribution in [0.4, 0.5) is 5.69 Å². The Morgan fingerprint density at radius 1 is 1.08 bits per heavy atom. The molecule has 3 rings (SSSR count). The zero-order valence-electron chi connectivity index (χ0n) is 13.7. The Morgan fingerprint density at radius 2 is 1.75 bits per heavy atom. The minimum absolute atomic E-state index is 0.0314. The second-order valence-corrected chi connectivity index (χ2v) is 8.31. The monoisotopic (exact) mass is 343 g/mol. The minimum Gasteiger partial charge on any atom is -0.304 e. The molecule has 2 aromatic rings. The summed E-state index contributed by atoms with van der Waals surface area (Å²) in [4.78, 5) is 14.8. The van der Waals surface area contributed by atoms with Crippen LogP contribution in [-0.4, -0.2) is 31.9 Å². The molecule has 1 amide bonds. The van der Waals surface area contributed by atoms with Crippen molar-refractivity contribution in [2.75, 3.05) is 16.4 Å². The predicted molar refractivity (Wildman–Crippen MR) is 96.1 cm³/mol. The van der Waals surface area contributed by atoms with Crippen molar-refractivity contribution in [2.24, 2.45) is 0 Å². The van der Waals surface area contributed by atoms with E-state index < -0.39 is 9.84 Å². The van der Waals surface area contributed by atoms with E-state index in [1.807, 2.05) is 49.4 Å². The molecule has 1 unspecified atom stereocenters. The quantitative estimate of drug-likeness (QED) is 0.857. The molecule has 1 fully saturated rings. The number of anilines is 1. The van der Waals surface area contributed by atoms with Crippen LogP contribution in [-0.2, 0) is 16.3 Å². The lowest BCUT2D eigenvalue weighted by molar-refractivity contribution is 0.0979. The van der Waals surface area contributed by atoms with Crippen LogP contribution >= 0.6 is 0 Å². The van der Waals surface area contributed by atoms with E-state index in [2.05, 4.69) is 0 Å². The molecule has 0 spiro atoms. The molecule has 0 radical (unpaired) electrons. The van der Waals surface area contributed by atoms with Crippen LogP contribution in [0.15, 0.2) is 54.6 Å². The van der Waals surface area contributed by atoms with Gasteiger partial charge in [0.05, 0.1) is 17.5 Å². The van der Waals surface area contributed by atoms with Gasteiger partial charge in [-0.05, 0) is 36.6 Å². The summed E-state index contributed by atoms with van der Waals surface area (Å²) >= 11 is 0. The zero-order valence-corrected chi connectivity index (χ0v) is 14.5. The summed E-state index contributed by atoms with van der Waals surface area (Å²) in [6.07, 6.45) is 1.27. The largest absolute Gasteiger partial charge is 0.304 e. The minimum atomic E-state index is -3.08. The Bertz CT molecular complexity index is 831. The van der Waals surface area contributed by atoms with E-state index in [-0.39, 0.29) is 23.5 Å². The number of carbonyl (C=O) groups excluding carboxylic acids is 1. The molecule has 126 valence electrons. The van der Waals surface area contributed by atoms with Crippen LogP contribution < -0.4 is 4.90 Å². The van der Waals surface area contributed by atoms with Gasteiger partial charge in [-0.2, -0.15) is 0 Å². The van der Waals surface area contributed by atoms with Gasteiger partial charge in [0.25, 0.3) is 5.91 Å². The maximum Gasteiger partial charge on any atom is 0.258 e. The highest BCUT2D eigenvalue weighted by Gasteiger charge is 2.36. The van der Waals surface area contributed by atoms with E-state index in [0.717, 1.165) is 17.7 Å². The lowest BCUT2D eigenvalue weighted by Crippen LogP contribution is -2.42. The van der Waals surface area contributed by atoms with Gasteiger partial charge in [-0.25, -0.2) is 8.42 Å². The third-order valence-corrected chi connectivity index (χ3v) is 6.20. The molecule has 0 saturated carbocycles. The van der Waals surface area contributed by atoms with E-state index in [4.69, 9.17) is 0 Å². The van der Waals surface area contributed by atoms with Crippen molar-refractivity contribution in [2.45, 2.75) is 25.8 Å². The van der Waals surface area contributed by atoms with Crippen LogP contribution in [0.5, 0.6) is 0 Å². The normalized spacial score (nSPS) is 19.1. The number of hydrogen-bond acceptors (Lipinski definition) is 3. The lowest BCUT2D eigenvalue weighted by Gasteiger charge is -2.30. The molecule has 5 heteroatoms. The van der Waals surface area contributed by atoms with Crippen molar-refractivity contribution in [3.63, 3.8) is 0 Å². The summed E-state index contributed by atoms with van der Waals surface area (Å²) < 4.78 is 23.9. The summed E-state index contributed by atoms with van der Waals surface area (Å²) in [5.74, 6) is 0.0346. The molecule has 1 heterocycles. The smallest absolute Gasteiger partial charge is 0.258 e. The van der Waals surface area contributed by atoms with Crippen molar-refractivity contribution in [1.82, 2.24) is 0 Å². The Morgan fingerprint density at radius 3 is 2.38 bits per heavy atom. The number of sulfone groups is 1. The highest BCUT2D eigenvalue weighted by atomic mass is 32.2. The molecule has 0 aromatic heterocycles. The van der Waals surface area contributed by atoms with Crippen LogP contribution in [0, 0.1) is 0 Å². The Balaban J connectivity index is 2.06. The van der Waals surface area contributed by atoms with Gasteiger partial charge in [0.15, 0.2) is 9.84 Å². The maximum absolute atomic E-state index is 13.1. The molecular formula is C19H21NO3S. The number of carbonyl (C=O) groups is 1. The summed E-state index contributed by atoms with van der Waals surface area (Å²) in [7, 11) is -3.08. The van der Waals surface area contributed by atoms with Crippen molar-refractivity contribution < 1.29 is 13.2 Å². The van der Waals surface area contributed by atoms with E-state index in [0.29, 0.717) is 12.0 Å². The van der Waals surface area contributed by atoms with Gasteiger partial charge < -0.3 is 4.90 Å². The topological polar surface area (TPSA) is 54.5 Å². The standard InChI is InChI=1S/C19H21NO3S/c1-2-15-8-6-7-11-18(15)20(17-12-13-24(22,23)14-17)19(21)16-9-4-3-5-10-16/h3-11,17H,2,12-14H2,1H3. The van der Waals surface area contributed by atoms with Crippen molar-refractivity contribution in [1.29, 1.82) is 0 Å². The number of hydrogen-bond donors (Lipinski definition) is 0. The van der Waals surface area contributed by atoms with Gasteiger partial charge in [0.2, 0.25) is 0 Å². The van der Waals surface area contributed by atoms with Crippen molar-refractivity contribution in [3.8, 4) is 0 Å². The lowest BCUT2D eigenvalue weighted by atomic mass is 10.0. The SMILES string of the molecule is CCc1ccccc1N(C(=O)c1ccccc1)C1CCS(=O)(=O)C1. The van der Waals surface area contributed by atoms with Gasteiger partial charge in [0.1, 0.15) is 0 Å². The number of benzene rings is 2. The molecule has 0 N–H and O–H groups in total. The third-order valence-electron chi connectivity index (χ3n) is 4.45. The van der Waals surface area contributed by atoms with Crippen LogP contribution in [0.1, 0.15) is 29.3 Å². The zero-order chi connectivity index (χ0) is 17.2. The molecule has 2 aromatic carbocycles. The van der Waals surface area contributed by atoms with Crippen LogP contribution in [0.2, 0.25) is 0 Å². The first kappa shape index (κ1) is 16.7. The highest BCUT2D eigenvalue weighted by Crippen LogP contribution is 2.29. The van der Waals surface area contributed by atoms with Gasteiger partial charge in [-0.3, -0.25) is 4.79 Å². The van der Waals surface area contributed by atoms with Gasteiger partial charge in [-0.15, -0.1) is 0 Å². The summed E-state index contributed by atoms with van der Waals surface area (Å²) in [5, 5.41) is 0. The van der Waals surface area contributed by atoms with Crippen LogP contribution in [0.3, 0.4) is 0 Å². The molecule has 1 aliphatic rings. The Labute approximate surface area is 143 Å². The fraction of sp³-hybridized carbons (Fsp3) is 0.316. The summed E-state index contributed by atoms with van der Waals surface area (Å²) in [6.45, 7) is 2.04. The molecule has 24 heavy (non-hydrogen) atoms. The fourth-order valence-electron chi connectivity index (χ4n) is 3.22. The first-order valence-electron chi connectivity index (χ1n) is 8.19. The Hall–Kier alpha value is -2.14. The van der Waals surface area contributed by atoms with Gasteiger partial charge in [0, 0.05) is 11.3 Å². The van der Waals surface area contributed by atoms with Crippen LogP contribution in [0.25, 0.3) is 0 Å². The molecular weight excluding hydrogens is 322 g/mol. The summed E-state index contributed by atoms with van der Waals surface area (Å²) in [6, 6.07) is 16.5. The number of para-hydroxylation sites is 1. The average Bonchev–Trinajstić information content (AvgIpc) is 2.96. The predicted octanol–water partition coefficient (Wildman–Crippen LogP) is 3.08. The number of amides is 1. The first-order chi connectivity index (χ1) is 11.5. The highest BCUT2D eigenvalue weighted by molar-refractivity contribution is 7.91. The van der Waals surface area contributed by atoms with Gasteiger partial charge in [-0.1, -0.05) is 43.3 Å². The molecule has 1 saturated heterocycles. The number of rotatable bonds is 4. The first-order valence-corrected chi connectivity index (χ1v) is 10.0. The molecule has 4 nitrogen and oxygen atoms in total. The fourth-order valence-corrected chi connectivity index (χ4v) is 4.92. The maximum atomic E-state index is 13.1. The van der Waals surface area contributed by atoms with E-state index in [1.165, 1.54) is 0 Å². The van der Waals surface area contributed by atoms with E-state index in [1.54, 1.807) is 17.0 Å². The van der Waals surface area contributed by atoms with E-state index >= 15 is 0 Å². The molecule has 0 aliphatic carbocycles. The second-order valence-electron chi connectivity index (χ2n) is 6.08.